The van der Waals surface area contributed by atoms with Gasteiger partial charge in [-0.05, 0) is 60.2 Å². The third-order valence-corrected chi connectivity index (χ3v) is 4.56. The standard InChI is InChI=1S/C18H15ClN2O2S/c1-11-4-3-5-13(8-11)20-18-21-17(22)16(24-18)10-12-6-7-15(23-2)14(19)9-12/h3-10H,1-2H3,(H,20,21,22). The van der Waals surface area contributed by atoms with E-state index in [4.69, 9.17) is 16.3 Å². The molecule has 3 rings (SSSR count). The number of methoxy groups -OCH3 is 1. The monoisotopic (exact) mass is 358 g/mol. The zero-order chi connectivity index (χ0) is 17.1. The number of ether oxygens (including phenoxy) is 1. The van der Waals surface area contributed by atoms with E-state index in [2.05, 4.69) is 10.3 Å². The topological polar surface area (TPSA) is 50.7 Å². The van der Waals surface area contributed by atoms with E-state index in [0.717, 1.165) is 16.8 Å². The van der Waals surface area contributed by atoms with Crippen LogP contribution in [0.4, 0.5) is 5.69 Å². The minimum Gasteiger partial charge on any atom is -0.495 e. The average Bonchev–Trinajstić information content (AvgIpc) is 2.87. The van der Waals surface area contributed by atoms with Gasteiger partial charge < -0.3 is 10.1 Å². The molecule has 1 N–H and O–H groups in total. The highest BCUT2D eigenvalue weighted by Crippen LogP contribution is 2.30. The summed E-state index contributed by atoms with van der Waals surface area (Å²) in [4.78, 5) is 17.2. The minimum absolute atomic E-state index is 0.168. The van der Waals surface area contributed by atoms with Crippen molar-refractivity contribution in [2.75, 3.05) is 7.11 Å². The number of carbonyl (C=O) groups is 1. The second kappa shape index (κ2) is 7.11. The van der Waals surface area contributed by atoms with Gasteiger partial charge in [-0.25, -0.2) is 4.99 Å². The van der Waals surface area contributed by atoms with E-state index < -0.39 is 0 Å². The Hall–Kier alpha value is -2.24. The van der Waals surface area contributed by atoms with Gasteiger partial charge in [-0.3, -0.25) is 4.79 Å². The highest BCUT2D eigenvalue weighted by Gasteiger charge is 2.23. The summed E-state index contributed by atoms with van der Waals surface area (Å²) in [5.41, 5.74) is 2.76. The Morgan fingerprint density at radius 1 is 1.25 bits per heavy atom. The number of thioether (sulfide) groups is 1. The van der Waals surface area contributed by atoms with Crippen molar-refractivity contribution in [3.63, 3.8) is 0 Å². The number of halogens is 1. The van der Waals surface area contributed by atoms with Crippen LogP contribution in [0.3, 0.4) is 0 Å². The van der Waals surface area contributed by atoms with Gasteiger partial charge in [-0.15, -0.1) is 0 Å². The Kier molecular flexibility index (Phi) is 4.92. The molecule has 0 saturated carbocycles. The van der Waals surface area contributed by atoms with Crippen molar-refractivity contribution in [2.24, 2.45) is 4.99 Å². The number of aryl methyl sites for hydroxylation is 1. The number of amidine groups is 1. The largest absolute Gasteiger partial charge is 0.495 e. The van der Waals surface area contributed by atoms with Crippen LogP contribution in [0, 0.1) is 6.92 Å². The fourth-order valence-electron chi connectivity index (χ4n) is 2.22. The Morgan fingerprint density at radius 2 is 2.08 bits per heavy atom. The van der Waals surface area contributed by atoms with E-state index >= 15 is 0 Å². The first-order valence-electron chi connectivity index (χ1n) is 7.25. The van der Waals surface area contributed by atoms with Crippen LogP contribution in [0.25, 0.3) is 6.08 Å². The summed E-state index contributed by atoms with van der Waals surface area (Å²) >= 11 is 7.42. The Balaban J connectivity index is 1.83. The third kappa shape index (κ3) is 3.80. The molecule has 1 aliphatic heterocycles. The van der Waals surface area contributed by atoms with Crippen molar-refractivity contribution in [2.45, 2.75) is 6.92 Å². The van der Waals surface area contributed by atoms with Crippen LogP contribution in [-0.4, -0.2) is 18.2 Å². The first-order chi connectivity index (χ1) is 11.5. The summed E-state index contributed by atoms with van der Waals surface area (Å²) in [6, 6.07) is 13.2. The summed E-state index contributed by atoms with van der Waals surface area (Å²) in [5, 5.41) is 3.85. The van der Waals surface area contributed by atoms with Gasteiger partial charge in [0.25, 0.3) is 5.91 Å². The number of hydrogen-bond donors (Lipinski definition) is 1. The zero-order valence-corrected chi connectivity index (χ0v) is 14.7. The molecule has 1 amide bonds. The molecule has 122 valence electrons. The van der Waals surface area contributed by atoms with Crippen LogP contribution in [-0.2, 0) is 4.79 Å². The van der Waals surface area contributed by atoms with Gasteiger partial charge in [0, 0.05) is 0 Å². The summed E-state index contributed by atoms with van der Waals surface area (Å²) in [7, 11) is 1.56. The molecule has 2 aromatic carbocycles. The number of benzene rings is 2. The van der Waals surface area contributed by atoms with Gasteiger partial charge in [0.15, 0.2) is 5.17 Å². The van der Waals surface area contributed by atoms with Gasteiger partial charge in [0.2, 0.25) is 0 Å². The fraction of sp³-hybridized carbons (Fsp3) is 0.111. The molecular weight excluding hydrogens is 344 g/mol. The summed E-state index contributed by atoms with van der Waals surface area (Å²) in [6.07, 6.45) is 1.78. The first kappa shape index (κ1) is 16.6. The lowest BCUT2D eigenvalue weighted by molar-refractivity contribution is -0.115. The van der Waals surface area contributed by atoms with E-state index in [1.54, 1.807) is 25.3 Å². The first-order valence-corrected chi connectivity index (χ1v) is 8.44. The van der Waals surface area contributed by atoms with Crippen molar-refractivity contribution in [3.05, 3.63) is 63.5 Å². The van der Waals surface area contributed by atoms with E-state index in [0.29, 0.717) is 20.8 Å². The van der Waals surface area contributed by atoms with Gasteiger partial charge in [0.1, 0.15) is 5.75 Å². The zero-order valence-electron chi connectivity index (χ0n) is 13.2. The normalized spacial score (nSPS) is 17.4. The molecule has 1 saturated heterocycles. The van der Waals surface area contributed by atoms with Crippen LogP contribution in [0.1, 0.15) is 11.1 Å². The molecule has 6 heteroatoms. The minimum atomic E-state index is -0.168. The van der Waals surface area contributed by atoms with Gasteiger partial charge in [-0.1, -0.05) is 29.8 Å². The Morgan fingerprint density at radius 3 is 2.79 bits per heavy atom. The molecule has 1 fully saturated rings. The predicted octanol–water partition coefficient (Wildman–Crippen LogP) is 4.55. The number of hydrogen-bond acceptors (Lipinski definition) is 4. The molecule has 24 heavy (non-hydrogen) atoms. The van der Waals surface area contributed by atoms with E-state index in [9.17, 15) is 4.79 Å². The summed E-state index contributed by atoms with van der Waals surface area (Å²) in [5.74, 6) is 0.433. The lowest BCUT2D eigenvalue weighted by Crippen LogP contribution is -2.19. The maximum atomic E-state index is 12.1. The molecule has 1 heterocycles. The molecule has 0 aliphatic carbocycles. The molecule has 4 nitrogen and oxygen atoms in total. The number of nitrogens with zero attached hydrogens (tertiary/aromatic N) is 1. The third-order valence-electron chi connectivity index (χ3n) is 3.36. The SMILES string of the molecule is COc1ccc(C=C2SC(=Nc3cccc(C)c3)NC2=O)cc1Cl. The average molecular weight is 359 g/mol. The van der Waals surface area contributed by atoms with Crippen LogP contribution in [0.5, 0.6) is 5.75 Å². The lowest BCUT2D eigenvalue weighted by atomic mass is 10.2. The number of aliphatic imine (C=N–C) groups is 1. The van der Waals surface area contributed by atoms with E-state index in [1.165, 1.54) is 11.8 Å². The van der Waals surface area contributed by atoms with Crippen molar-refractivity contribution in [1.29, 1.82) is 0 Å². The maximum Gasteiger partial charge on any atom is 0.264 e. The number of carbonyl (C=O) groups excluding carboxylic acids is 1. The molecule has 0 unspecified atom stereocenters. The van der Waals surface area contributed by atoms with Crippen molar-refractivity contribution in [1.82, 2.24) is 5.32 Å². The Bertz CT molecular complexity index is 862. The Labute approximate surface area is 149 Å². The smallest absolute Gasteiger partial charge is 0.264 e. The lowest BCUT2D eigenvalue weighted by Gasteiger charge is -2.03. The molecule has 1 aliphatic rings. The van der Waals surface area contributed by atoms with Crippen LogP contribution >= 0.6 is 23.4 Å². The second-order valence-corrected chi connectivity index (χ2v) is 6.65. The quantitative estimate of drug-likeness (QED) is 0.819. The van der Waals surface area contributed by atoms with Crippen molar-refractivity contribution < 1.29 is 9.53 Å². The van der Waals surface area contributed by atoms with E-state index in [1.807, 2.05) is 37.3 Å². The highest BCUT2D eigenvalue weighted by molar-refractivity contribution is 8.18. The molecular formula is C18H15ClN2O2S. The fourth-order valence-corrected chi connectivity index (χ4v) is 3.33. The maximum absolute atomic E-state index is 12.1. The van der Waals surface area contributed by atoms with Crippen molar-refractivity contribution >= 4 is 46.2 Å². The van der Waals surface area contributed by atoms with Gasteiger partial charge >= 0.3 is 0 Å². The van der Waals surface area contributed by atoms with Crippen LogP contribution in [0.15, 0.2) is 52.4 Å². The van der Waals surface area contributed by atoms with Crippen molar-refractivity contribution in [3.8, 4) is 5.75 Å². The number of rotatable bonds is 3. The number of nitrogens with one attached hydrogen (secondary N) is 1. The van der Waals surface area contributed by atoms with Crippen LogP contribution < -0.4 is 10.1 Å². The highest BCUT2D eigenvalue weighted by atomic mass is 35.5. The van der Waals surface area contributed by atoms with E-state index in [-0.39, 0.29) is 5.91 Å². The molecule has 0 atom stereocenters. The predicted molar refractivity (Wildman–Crippen MR) is 100.0 cm³/mol. The molecule has 0 radical (unpaired) electrons. The van der Waals surface area contributed by atoms with Gasteiger partial charge in [-0.2, -0.15) is 0 Å². The van der Waals surface area contributed by atoms with Crippen LogP contribution in [0.2, 0.25) is 5.02 Å². The molecule has 0 spiro atoms. The summed E-state index contributed by atoms with van der Waals surface area (Å²) < 4.78 is 5.13. The molecule has 2 aromatic rings. The number of amides is 1. The molecule has 0 aromatic heterocycles. The molecule has 0 bridgehead atoms. The second-order valence-electron chi connectivity index (χ2n) is 5.21. The summed E-state index contributed by atoms with van der Waals surface area (Å²) in [6.45, 7) is 2.00. The van der Waals surface area contributed by atoms with Gasteiger partial charge in [0.05, 0.1) is 22.7 Å².